The zero-order chi connectivity index (χ0) is 66.4. The Balaban J connectivity index is 0.878. The number of nitrogens with zero attached hydrogens (tertiary/aromatic N) is 4. The van der Waals surface area contributed by atoms with E-state index >= 15 is 0 Å². The number of rotatable bonds is 24. The van der Waals surface area contributed by atoms with Crippen LogP contribution in [0.5, 0.6) is 0 Å². The number of benzene rings is 3. The van der Waals surface area contributed by atoms with Crippen LogP contribution >= 0.6 is 0 Å². The molecule has 11 N–H and O–H groups in total. The summed E-state index contributed by atoms with van der Waals surface area (Å²) in [6.45, 7) is 3.33. The van der Waals surface area contributed by atoms with Gasteiger partial charge in [-0.1, -0.05) is 87.1 Å². The van der Waals surface area contributed by atoms with E-state index in [0.29, 0.717) is 43.6 Å². The lowest BCUT2D eigenvalue weighted by Crippen LogP contribution is -2.67. The first-order chi connectivity index (χ1) is 44.7. The van der Waals surface area contributed by atoms with Crippen LogP contribution in [0, 0.1) is 35.2 Å². The zero-order valence-corrected chi connectivity index (χ0v) is 52.0. The highest BCUT2D eigenvalue weighted by Gasteiger charge is 2.54. The van der Waals surface area contributed by atoms with Crippen LogP contribution in [0.25, 0.3) is 22.0 Å². The molecule has 4 saturated heterocycles. The Morgan fingerprint density at radius 2 is 1.45 bits per heavy atom. The molecule has 4 amide bonds. The number of halogens is 3. The summed E-state index contributed by atoms with van der Waals surface area (Å²) >= 11 is 0. The molecule has 6 aliphatic rings. The van der Waals surface area contributed by atoms with Gasteiger partial charge in [-0.2, -0.15) is 0 Å². The Morgan fingerprint density at radius 3 is 2.13 bits per heavy atom. The van der Waals surface area contributed by atoms with Crippen molar-refractivity contribution in [3.63, 3.8) is 0 Å². The summed E-state index contributed by atoms with van der Waals surface area (Å²) in [5, 5.41) is 108. The van der Waals surface area contributed by atoms with Crippen LogP contribution in [0.1, 0.15) is 96.6 Å². The second-order valence-electron chi connectivity index (χ2n) is 25.4. The second-order valence-corrected chi connectivity index (χ2v) is 25.4. The first kappa shape index (κ1) is 69.9. The highest BCUT2D eigenvalue weighted by molar-refractivity contribution is 5.84. The van der Waals surface area contributed by atoms with Gasteiger partial charge in [-0.15, -0.1) is 5.10 Å². The Bertz CT molecular complexity index is 3160. The molecule has 512 valence electrons. The number of carbonyl (C=O) groups is 4. The molecule has 29 heteroatoms. The number of hydrogen-bond acceptors (Lipinski definition) is 21. The van der Waals surface area contributed by atoms with Crippen LogP contribution in [0.4, 0.5) is 13.2 Å². The molecule has 12 unspecified atom stereocenters. The molecule has 26 nitrogen and oxygen atoms in total. The van der Waals surface area contributed by atoms with E-state index in [9.17, 15) is 73.2 Å². The van der Waals surface area contributed by atoms with Crippen molar-refractivity contribution in [2.45, 2.75) is 208 Å². The molecule has 5 heterocycles. The van der Waals surface area contributed by atoms with E-state index in [1.165, 1.54) is 13.8 Å². The standard InChI is InChI=1S/C64H86F3N7O19/c1-4-35-23-39(26-43(56(35)93-64-55(83)54(82)50(78)31(2)88-64)91-63-48(70-32(3)77)57(52(80)46(29-76)92-63)89-44(62(86)73-19-10-20-73)22-33-11-6-5-7-12-33)60(84)68-17-18-69-61(85)59(87-30-34-15-16-36-13-8-9-14-37(36)21-34)58-53(81)49(51(79)45(28-75)90-58)74-27-42(71-72-74)38-24-40(65)47(67)41(66)25-38/h8-9,13-16,21,24-25,27,31,33,35,39,43-46,48-59,63-64,75-76,78-83H,4-7,10-12,17-20,22-23,26,28-30H2,1-3H3,(H,68,84)(H,69,85)(H,70,77)/t31-,35?,39?,43+,44-,45?,46?,48?,49?,50?,51-,52-,53?,54?,55-,56?,57?,58+,59-,63+,64?/m0/s1. The van der Waals surface area contributed by atoms with E-state index in [-0.39, 0.29) is 55.6 Å². The summed E-state index contributed by atoms with van der Waals surface area (Å²) in [4.78, 5) is 58.2. The number of fused-ring (bicyclic) bond motifs is 1. The quantitative estimate of drug-likeness (QED) is 0.0343. The molecule has 21 atom stereocenters. The van der Waals surface area contributed by atoms with E-state index in [1.54, 1.807) is 11.0 Å². The SMILES string of the molecule is CCC1CC(C(=O)NCCNC(=O)[C@@H](OCc2ccc3ccccc3c2)[C@@H]2OC(CO)[C@H](O)C(n3cc(-c4cc(F)c(F)c(F)c4)nn3)C2O)C[C@@H](O[C@@H]2OC(CO)[C@H](O)C(O[C@@H](CC3CCCCC3)C(=O)N3CCC3)C2NC(C)=O)C1OC1O[C@@H](C)C(O)C(O)[C@@H]1O. The fourth-order valence-electron chi connectivity index (χ4n) is 13.7. The third-order valence-electron chi connectivity index (χ3n) is 19.0. The van der Waals surface area contributed by atoms with Crippen LogP contribution in [-0.4, -0.2) is 234 Å². The van der Waals surface area contributed by atoms with E-state index in [0.717, 1.165) is 60.2 Å². The molecule has 0 radical (unpaired) electrons. The fourth-order valence-corrected chi connectivity index (χ4v) is 13.7. The number of nitrogens with one attached hydrogen (secondary N) is 3. The molecule has 4 aromatic rings. The zero-order valence-electron chi connectivity index (χ0n) is 52.0. The molecule has 2 saturated carbocycles. The van der Waals surface area contributed by atoms with Gasteiger partial charge in [-0.25, -0.2) is 17.9 Å². The molecule has 4 aliphatic heterocycles. The lowest BCUT2D eigenvalue weighted by Gasteiger charge is -2.49. The molecule has 3 aromatic carbocycles. The summed E-state index contributed by atoms with van der Waals surface area (Å²) in [6, 6.07) is 11.4. The summed E-state index contributed by atoms with van der Waals surface area (Å²) < 4.78 is 88.1. The second kappa shape index (κ2) is 31.3. The molecule has 10 rings (SSSR count). The van der Waals surface area contributed by atoms with Crippen molar-refractivity contribution in [3.8, 4) is 11.3 Å². The maximum atomic E-state index is 14.6. The molecular formula is C64H86F3N7O19. The summed E-state index contributed by atoms with van der Waals surface area (Å²) in [5.74, 6) is -8.29. The smallest absolute Gasteiger partial charge is 0.252 e. The lowest BCUT2D eigenvalue weighted by molar-refractivity contribution is -0.338. The molecule has 2 aliphatic carbocycles. The monoisotopic (exact) mass is 1310 g/mol. The minimum atomic E-state index is -1.87. The van der Waals surface area contributed by atoms with Crippen molar-refractivity contribution >= 4 is 34.4 Å². The number of aliphatic hydroxyl groups is 8. The molecule has 93 heavy (non-hydrogen) atoms. The van der Waals surface area contributed by atoms with Crippen molar-refractivity contribution in [1.29, 1.82) is 0 Å². The fraction of sp³-hybridized carbons (Fsp3) is 0.656. The average molecular weight is 1310 g/mol. The highest BCUT2D eigenvalue weighted by atomic mass is 19.2. The van der Waals surface area contributed by atoms with Crippen LogP contribution in [0.15, 0.2) is 60.8 Å². The van der Waals surface area contributed by atoms with Gasteiger partial charge in [0.2, 0.25) is 11.8 Å². The largest absolute Gasteiger partial charge is 0.394 e. The number of ether oxygens (including phenoxy) is 7. The van der Waals surface area contributed by atoms with Crippen LogP contribution < -0.4 is 16.0 Å². The Kier molecular flexibility index (Phi) is 23.6. The summed E-state index contributed by atoms with van der Waals surface area (Å²) in [6.07, 6.45) is -17.7. The van der Waals surface area contributed by atoms with Gasteiger partial charge in [0.05, 0.1) is 44.3 Å². The van der Waals surface area contributed by atoms with E-state index in [2.05, 4.69) is 26.3 Å². The molecule has 1 aromatic heterocycles. The third-order valence-corrected chi connectivity index (χ3v) is 19.0. The number of hydrogen-bond donors (Lipinski definition) is 11. The van der Waals surface area contributed by atoms with E-state index < -0.39 is 176 Å². The van der Waals surface area contributed by atoms with Crippen LogP contribution in [-0.2, 0) is 58.9 Å². The van der Waals surface area contributed by atoms with Crippen molar-refractivity contribution in [3.05, 3.63) is 83.8 Å². The van der Waals surface area contributed by atoms with Crippen molar-refractivity contribution in [2.24, 2.45) is 17.8 Å². The molecule has 0 bridgehead atoms. The summed E-state index contributed by atoms with van der Waals surface area (Å²) in [7, 11) is 0. The minimum absolute atomic E-state index is 0.139. The number of likely N-dealkylation sites (tertiary alicyclic amines) is 1. The van der Waals surface area contributed by atoms with Gasteiger partial charge in [0, 0.05) is 44.6 Å². The van der Waals surface area contributed by atoms with Gasteiger partial charge < -0.3 is 94.9 Å². The van der Waals surface area contributed by atoms with Crippen molar-refractivity contribution in [2.75, 3.05) is 39.4 Å². The van der Waals surface area contributed by atoms with E-state index in [4.69, 9.17) is 33.2 Å². The Hall–Kier alpha value is -5.87. The number of aromatic nitrogens is 3. The Morgan fingerprint density at radius 1 is 0.753 bits per heavy atom. The van der Waals surface area contributed by atoms with E-state index in [1.807, 2.05) is 43.3 Å². The normalized spacial score (nSPS) is 33.3. The molecular weight excluding hydrogens is 1230 g/mol. The predicted molar refractivity (Wildman–Crippen MR) is 320 cm³/mol. The van der Waals surface area contributed by atoms with Gasteiger partial charge in [0.25, 0.3) is 11.8 Å². The Labute approximate surface area is 534 Å². The third kappa shape index (κ3) is 16.0. The van der Waals surface area contributed by atoms with Crippen LogP contribution in [0.3, 0.4) is 0 Å². The van der Waals surface area contributed by atoms with Crippen molar-refractivity contribution < 1.29 is 106 Å². The van der Waals surface area contributed by atoms with Crippen LogP contribution in [0.2, 0.25) is 0 Å². The number of carbonyl (C=O) groups excluding carboxylic acids is 4. The maximum absolute atomic E-state index is 14.6. The van der Waals surface area contributed by atoms with Gasteiger partial charge in [0.1, 0.15) is 84.9 Å². The highest BCUT2D eigenvalue weighted by Crippen LogP contribution is 2.41. The molecule has 6 fully saturated rings. The van der Waals surface area contributed by atoms with Crippen molar-refractivity contribution in [1.82, 2.24) is 35.8 Å². The van der Waals surface area contributed by atoms with Gasteiger partial charge in [-0.3, -0.25) is 19.2 Å². The maximum Gasteiger partial charge on any atom is 0.252 e. The predicted octanol–water partition coefficient (Wildman–Crippen LogP) is 0.929. The molecule has 0 spiro atoms. The summed E-state index contributed by atoms with van der Waals surface area (Å²) in [5.41, 5.74) is 0.188. The topological polar surface area (TPSA) is 365 Å². The number of amides is 4. The minimum Gasteiger partial charge on any atom is -0.394 e. The van der Waals surface area contributed by atoms with Gasteiger partial charge in [-0.05, 0) is 79.0 Å². The van der Waals surface area contributed by atoms with Gasteiger partial charge in [0.15, 0.2) is 36.1 Å². The first-order valence-electron chi connectivity index (χ1n) is 32.2. The first-order valence-corrected chi connectivity index (χ1v) is 32.2. The van der Waals surface area contributed by atoms with Gasteiger partial charge >= 0.3 is 0 Å². The lowest BCUT2D eigenvalue weighted by atomic mass is 9.75. The average Bonchev–Trinajstić information content (AvgIpc) is 1.88. The number of aliphatic hydroxyl groups excluding tert-OH is 8.